The number of rotatable bonds is 2. The van der Waals surface area contributed by atoms with E-state index in [0.29, 0.717) is 0 Å². The minimum absolute atomic E-state index is 0.782. The van der Waals surface area contributed by atoms with Crippen LogP contribution in [0.5, 0.6) is 0 Å². The highest BCUT2D eigenvalue weighted by Gasteiger charge is 2.18. The summed E-state index contributed by atoms with van der Waals surface area (Å²) >= 11 is 0. The standard InChI is InChI=1S/C15H19N3O/c1-12-3-5-13(6-4-12)14-11-17(2)16-15(14)18-7-9-19-10-8-18/h3-6,11H,7-10H2,1-2H3. The maximum Gasteiger partial charge on any atom is 0.158 e. The number of ether oxygens (including phenoxy) is 1. The molecule has 1 aliphatic heterocycles. The summed E-state index contributed by atoms with van der Waals surface area (Å²) in [6, 6.07) is 8.61. The van der Waals surface area contributed by atoms with E-state index in [-0.39, 0.29) is 0 Å². The van der Waals surface area contributed by atoms with E-state index in [4.69, 9.17) is 4.74 Å². The molecule has 0 radical (unpaired) electrons. The van der Waals surface area contributed by atoms with Crippen LogP contribution in [0.4, 0.5) is 5.82 Å². The average Bonchev–Trinajstić information content (AvgIpc) is 2.83. The first-order valence-electron chi connectivity index (χ1n) is 6.67. The fourth-order valence-corrected chi connectivity index (χ4v) is 2.42. The van der Waals surface area contributed by atoms with Crippen molar-refractivity contribution in [3.8, 4) is 11.1 Å². The number of benzene rings is 1. The lowest BCUT2D eigenvalue weighted by atomic mass is 10.1. The van der Waals surface area contributed by atoms with Gasteiger partial charge < -0.3 is 9.64 Å². The van der Waals surface area contributed by atoms with Crippen LogP contribution in [0, 0.1) is 6.92 Å². The quantitative estimate of drug-likeness (QED) is 0.826. The van der Waals surface area contributed by atoms with Crippen molar-refractivity contribution in [2.75, 3.05) is 31.2 Å². The van der Waals surface area contributed by atoms with Gasteiger partial charge in [0.05, 0.1) is 13.2 Å². The molecule has 19 heavy (non-hydrogen) atoms. The van der Waals surface area contributed by atoms with E-state index in [9.17, 15) is 0 Å². The summed E-state index contributed by atoms with van der Waals surface area (Å²) in [4.78, 5) is 2.30. The van der Waals surface area contributed by atoms with Gasteiger partial charge >= 0.3 is 0 Å². The third-order valence-electron chi connectivity index (χ3n) is 3.48. The highest BCUT2D eigenvalue weighted by Crippen LogP contribution is 2.30. The summed E-state index contributed by atoms with van der Waals surface area (Å²) in [7, 11) is 1.97. The number of anilines is 1. The number of aryl methyl sites for hydroxylation is 2. The first-order valence-corrected chi connectivity index (χ1v) is 6.67. The van der Waals surface area contributed by atoms with E-state index < -0.39 is 0 Å². The molecule has 0 atom stereocenters. The lowest BCUT2D eigenvalue weighted by Crippen LogP contribution is -2.36. The SMILES string of the molecule is Cc1ccc(-c2cn(C)nc2N2CCOCC2)cc1. The molecular formula is C15H19N3O. The van der Waals surface area contributed by atoms with Gasteiger partial charge in [-0.05, 0) is 12.5 Å². The molecule has 1 fully saturated rings. The molecule has 4 heteroatoms. The van der Waals surface area contributed by atoms with Crippen LogP contribution in [-0.4, -0.2) is 36.1 Å². The van der Waals surface area contributed by atoms with Crippen LogP contribution in [0.3, 0.4) is 0 Å². The van der Waals surface area contributed by atoms with Crippen LogP contribution in [0.15, 0.2) is 30.5 Å². The maximum atomic E-state index is 5.41. The Morgan fingerprint density at radius 2 is 1.79 bits per heavy atom. The second-order valence-corrected chi connectivity index (χ2v) is 5.01. The fraction of sp³-hybridized carbons (Fsp3) is 0.400. The van der Waals surface area contributed by atoms with Crippen LogP contribution in [0.1, 0.15) is 5.56 Å². The molecule has 1 aromatic carbocycles. The highest BCUT2D eigenvalue weighted by molar-refractivity contribution is 5.75. The Hall–Kier alpha value is -1.81. The molecule has 0 saturated carbocycles. The normalized spacial score (nSPS) is 15.8. The number of hydrogen-bond donors (Lipinski definition) is 0. The summed E-state index contributed by atoms with van der Waals surface area (Å²) in [6.07, 6.45) is 2.09. The minimum Gasteiger partial charge on any atom is -0.378 e. The lowest BCUT2D eigenvalue weighted by Gasteiger charge is -2.27. The van der Waals surface area contributed by atoms with Crippen LogP contribution < -0.4 is 4.90 Å². The number of hydrogen-bond acceptors (Lipinski definition) is 3. The molecule has 2 aromatic rings. The van der Waals surface area contributed by atoms with Gasteiger partial charge in [-0.15, -0.1) is 0 Å². The zero-order valence-corrected chi connectivity index (χ0v) is 11.5. The molecule has 1 aromatic heterocycles. The topological polar surface area (TPSA) is 30.3 Å². The third-order valence-corrected chi connectivity index (χ3v) is 3.48. The van der Waals surface area contributed by atoms with Crippen molar-refractivity contribution in [1.29, 1.82) is 0 Å². The van der Waals surface area contributed by atoms with Crippen molar-refractivity contribution in [2.24, 2.45) is 7.05 Å². The van der Waals surface area contributed by atoms with Gasteiger partial charge in [-0.1, -0.05) is 29.8 Å². The van der Waals surface area contributed by atoms with Gasteiger partial charge in [-0.3, -0.25) is 4.68 Å². The Morgan fingerprint density at radius 1 is 1.11 bits per heavy atom. The number of nitrogens with zero attached hydrogens (tertiary/aromatic N) is 3. The minimum atomic E-state index is 0.782. The zero-order chi connectivity index (χ0) is 13.2. The fourth-order valence-electron chi connectivity index (χ4n) is 2.42. The first-order chi connectivity index (χ1) is 9.24. The van der Waals surface area contributed by atoms with E-state index in [1.54, 1.807) is 0 Å². The number of aromatic nitrogens is 2. The zero-order valence-electron chi connectivity index (χ0n) is 11.5. The van der Waals surface area contributed by atoms with E-state index in [1.807, 2.05) is 11.7 Å². The Bertz CT molecular complexity index is 553. The van der Waals surface area contributed by atoms with Crippen molar-refractivity contribution in [3.05, 3.63) is 36.0 Å². The molecule has 0 aliphatic carbocycles. The average molecular weight is 257 g/mol. The molecule has 1 aliphatic rings. The van der Waals surface area contributed by atoms with E-state index in [2.05, 4.69) is 47.4 Å². The summed E-state index contributed by atoms with van der Waals surface area (Å²) in [6.45, 7) is 5.50. The van der Waals surface area contributed by atoms with Gasteiger partial charge in [0.25, 0.3) is 0 Å². The molecule has 1 saturated heterocycles. The molecule has 3 rings (SSSR count). The monoisotopic (exact) mass is 257 g/mol. The van der Waals surface area contributed by atoms with E-state index in [0.717, 1.165) is 32.1 Å². The van der Waals surface area contributed by atoms with E-state index in [1.165, 1.54) is 16.7 Å². The molecule has 0 bridgehead atoms. The molecule has 0 unspecified atom stereocenters. The van der Waals surface area contributed by atoms with Crippen molar-refractivity contribution >= 4 is 5.82 Å². The van der Waals surface area contributed by atoms with Gasteiger partial charge in [-0.2, -0.15) is 5.10 Å². The Balaban J connectivity index is 1.98. The Labute approximate surface area is 113 Å². The predicted molar refractivity (Wildman–Crippen MR) is 76.4 cm³/mol. The smallest absolute Gasteiger partial charge is 0.158 e. The lowest BCUT2D eigenvalue weighted by molar-refractivity contribution is 0.122. The van der Waals surface area contributed by atoms with Crippen LogP contribution in [0.2, 0.25) is 0 Å². The molecule has 2 heterocycles. The second-order valence-electron chi connectivity index (χ2n) is 5.01. The van der Waals surface area contributed by atoms with Gasteiger partial charge in [0, 0.05) is 31.9 Å². The molecule has 0 amide bonds. The highest BCUT2D eigenvalue weighted by atomic mass is 16.5. The van der Waals surface area contributed by atoms with Gasteiger partial charge in [0.2, 0.25) is 0 Å². The molecule has 100 valence electrons. The Kier molecular flexibility index (Phi) is 3.25. The van der Waals surface area contributed by atoms with Gasteiger partial charge in [0.1, 0.15) is 0 Å². The van der Waals surface area contributed by atoms with Crippen molar-refractivity contribution in [1.82, 2.24) is 9.78 Å². The third kappa shape index (κ3) is 2.49. The first kappa shape index (κ1) is 12.2. The Morgan fingerprint density at radius 3 is 2.47 bits per heavy atom. The predicted octanol–water partition coefficient (Wildman–Crippen LogP) is 2.23. The van der Waals surface area contributed by atoms with Crippen LogP contribution in [-0.2, 0) is 11.8 Å². The van der Waals surface area contributed by atoms with E-state index >= 15 is 0 Å². The van der Waals surface area contributed by atoms with Crippen LogP contribution in [0.25, 0.3) is 11.1 Å². The summed E-state index contributed by atoms with van der Waals surface area (Å²) in [5.41, 5.74) is 3.70. The molecule has 0 N–H and O–H groups in total. The largest absolute Gasteiger partial charge is 0.378 e. The number of morpholine rings is 1. The maximum absolute atomic E-state index is 5.41. The molecule has 0 spiro atoms. The summed E-state index contributed by atoms with van der Waals surface area (Å²) < 4.78 is 7.30. The summed E-state index contributed by atoms with van der Waals surface area (Å²) in [5.74, 6) is 1.06. The van der Waals surface area contributed by atoms with Crippen molar-refractivity contribution in [3.63, 3.8) is 0 Å². The van der Waals surface area contributed by atoms with Crippen molar-refractivity contribution in [2.45, 2.75) is 6.92 Å². The van der Waals surface area contributed by atoms with Gasteiger partial charge in [-0.25, -0.2) is 0 Å². The van der Waals surface area contributed by atoms with Crippen LogP contribution >= 0.6 is 0 Å². The summed E-state index contributed by atoms with van der Waals surface area (Å²) in [5, 5.41) is 4.62. The second kappa shape index (κ2) is 5.05. The van der Waals surface area contributed by atoms with Crippen molar-refractivity contribution < 1.29 is 4.74 Å². The molecular weight excluding hydrogens is 238 g/mol. The molecule has 4 nitrogen and oxygen atoms in total. The van der Waals surface area contributed by atoms with Gasteiger partial charge in [0.15, 0.2) is 5.82 Å².